The summed E-state index contributed by atoms with van der Waals surface area (Å²) in [5.41, 5.74) is 4.74. The van der Waals surface area contributed by atoms with Crippen LogP contribution in [-0.4, -0.2) is 52.4 Å². The molecule has 210 valence electrons. The fourth-order valence-electron chi connectivity index (χ4n) is 5.63. The van der Waals surface area contributed by atoms with Crippen molar-refractivity contribution in [2.75, 3.05) is 29.9 Å². The van der Waals surface area contributed by atoms with Crippen LogP contribution in [0.4, 0.5) is 22.0 Å². The number of ether oxygens (including phenoxy) is 1. The number of nitrogens with zero attached hydrogens (tertiary/aromatic N) is 4. The van der Waals surface area contributed by atoms with Gasteiger partial charge in [-0.2, -0.15) is 5.10 Å². The summed E-state index contributed by atoms with van der Waals surface area (Å²) in [5, 5.41) is 11.2. The van der Waals surface area contributed by atoms with E-state index in [1.54, 1.807) is 21.8 Å². The van der Waals surface area contributed by atoms with Gasteiger partial charge in [0.25, 0.3) is 5.91 Å². The van der Waals surface area contributed by atoms with E-state index < -0.39 is 6.09 Å². The predicted octanol–water partition coefficient (Wildman–Crippen LogP) is 5.39. The van der Waals surface area contributed by atoms with Crippen molar-refractivity contribution >= 4 is 40.8 Å². The van der Waals surface area contributed by atoms with Gasteiger partial charge in [-0.1, -0.05) is 23.7 Å². The highest BCUT2D eigenvalue weighted by Gasteiger charge is 2.29. The second kappa shape index (κ2) is 11.1. The zero-order valence-electron chi connectivity index (χ0n) is 23.0. The van der Waals surface area contributed by atoms with Crippen molar-refractivity contribution in [3.05, 3.63) is 69.9 Å². The van der Waals surface area contributed by atoms with E-state index in [1.807, 2.05) is 44.3 Å². The van der Waals surface area contributed by atoms with Crippen molar-refractivity contribution in [3.63, 3.8) is 0 Å². The number of rotatable bonds is 6. The highest BCUT2D eigenvalue weighted by molar-refractivity contribution is 6.31. The molecular weight excluding hydrogens is 528 g/mol. The number of likely N-dealkylation sites (tertiary alicyclic amines) is 1. The minimum atomic E-state index is -0.391. The van der Waals surface area contributed by atoms with Crippen molar-refractivity contribution in [2.45, 2.75) is 51.8 Å². The Balaban J connectivity index is 1.09. The van der Waals surface area contributed by atoms with Gasteiger partial charge in [0.2, 0.25) is 0 Å². The molecule has 6 rings (SSSR count). The first-order valence-corrected chi connectivity index (χ1v) is 14.4. The Morgan fingerprint density at radius 2 is 1.93 bits per heavy atom. The van der Waals surface area contributed by atoms with Crippen molar-refractivity contribution < 1.29 is 14.3 Å². The third-order valence-electron chi connectivity index (χ3n) is 8.07. The first-order valence-electron chi connectivity index (χ1n) is 14.0. The number of aromatic nitrogens is 2. The van der Waals surface area contributed by atoms with E-state index in [9.17, 15) is 9.59 Å². The molecule has 1 saturated heterocycles. The molecule has 1 saturated carbocycles. The first-order chi connectivity index (χ1) is 19.3. The molecule has 2 amide bonds. The number of nitrogens with one attached hydrogen (secondary N) is 2. The van der Waals surface area contributed by atoms with E-state index >= 15 is 0 Å². The Bertz CT molecular complexity index is 1430. The topological polar surface area (TPSA) is 91.7 Å². The third-order valence-corrected chi connectivity index (χ3v) is 8.31. The van der Waals surface area contributed by atoms with Gasteiger partial charge in [0, 0.05) is 49.4 Å². The number of hydrogen-bond donors (Lipinski definition) is 2. The van der Waals surface area contributed by atoms with Crippen LogP contribution in [0, 0.1) is 12.8 Å². The average molecular weight is 563 g/mol. The number of hydrogen-bond acceptors (Lipinski definition) is 6. The van der Waals surface area contributed by atoms with Crippen LogP contribution in [0.5, 0.6) is 0 Å². The number of carbonyl (C=O) groups excluding carboxylic acids is 2. The van der Waals surface area contributed by atoms with E-state index in [0.717, 1.165) is 65.7 Å². The molecule has 0 bridgehead atoms. The number of amides is 2. The van der Waals surface area contributed by atoms with Crippen molar-refractivity contribution in [2.24, 2.45) is 13.0 Å². The lowest BCUT2D eigenvalue weighted by Crippen LogP contribution is -2.40. The van der Waals surface area contributed by atoms with E-state index in [-0.39, 0.29) is 12.0 Å². The second-order valence-electron chi connectivity index (χ2n) is 11.2. The SMILES string of the molecule is Cc1cc(CNC(=O)OC2CCN(CC3CC3)CC2)ccc1C(=O)N1Cc2cnn(C)c2Nc2cc(Cl)ccc21. The number of fused-ring (bicyclic) bond motifs is 2. The van der Waals surface area contributed by atoms with Crippen molar-refractivity contribution in [3.8, 4) is 0 Å². The molecular formula is C30H35ClN6O3. The van der Waals surface area contributed by atoms with E-state index in [4.69, 9.17) is 16.3 Å². The normalized spacial score (nSPS) is 17.4. The van der Waals surface area contributed by atoms with E-state index in [2.05, 4.69) is 20.6 Å². The number of halogens is 1. The van der Waals surface area contributed by atoms with E-state index in [0.29, 0.717) is 23.7 Å². The molecule has 9 nitrogen and oxygen atoms in total. The summed E-state index contributed by atoms with van der Waals surface area (Å²) < 4.78 is 7.43. The largest absolute Gasteiger partial charge is 0.446 e. The predicted molar refractivity (Wildman–Crippen MR) is 155 cm³/mol. The molecule has 0 unspecified atom stereocenters. The second-order valence-corrected chi connectivity index (χ2v) is 11.6. The summed E-state index contributed by atoms with van der Waals surface area (Å²) in [7, 11) is 1.86. The summed E-state index contributed by atoms with van der Waals surface area (Å²) in [6.45, 7) is 5.81. The maximum absolute atomic E-state index is 13.9. The molecule has 2 aromatic carbocycles. The Morgan fingerprint density at radius 1 is 1.12 bits per heavy atom. The van der Waals surface area contributed by atoms with Crippen LogP contribution in [-0.2, 0) is 24.9 Å². The van der Waals surface area contributed by atoms with E-state index in [1.165, 1.54) is 19.4 Å². The van der Waals surface area contributed by atoms with Crippen LogP contribution >= 0.6 is 11.6 Å². The number of anilines is 3. The van der Waals surface area contributed by atoms with Gasteiger partial charge in [-0.25, -0.2) is 4.79 Å². The molecule has 3 heterocycles. The maximum Gasteiger partial charge on any atom is 0.407 e. The lowest BCUT2D eigenvalue weighted by molar-refractivity contribution is 0.0493. The average Bonchev–Trinajstić information content (AvgIpc) is 3.72. The van der Waals surface area contributed by atoms with Gasteiger partial charge in [-0.05, 0) is 73.9 Å². The molecule has 10 heteroatoms. The van der Waals surface area contributed by atoms with Crippen LogP contribution in [0.15, 0.2) is 42.6 Å². The zero-order valence-corrected chi connectivity index (χ0v) is 23.7. The standard InChI is InChI=1S/C30H35ClN6O3/c1-19-13-21(15-32-30(39)40-24-9-11-36(12-10-24)17-20-3-4-20)5-7-25(19)29(38)37-18-22-16-33-35(2)28(22)34-26-14-23(31)6-8-27(26)37/h5-8,13-14,16,20,24,34H,3-4,9-12,15,17-18H2,1-2H3,(H,32,39). The summed E-state index contributed by atoms with van der Waals surface area (Å²) in [4.78, 5) is 30.6. The quantitative estimate of drug-likeness (QED) is 0.419. The molecule has 0 spiro atoms. The fourth-order valence-corrected chi connectivity index (χ4v) is 5.80. The third kappa shape index (κ3) is 5.81. The summed E-state index contributed by atoms with van der Waals surface area (Å²) >= 11 is 6.28. The number of carbonyl (C=O) groups is 2. The molecule has 2 N–H and O–H groups in total. The zero-order chi connectivity index (χ0) is 27.8. The van der Waals surface area contributed by atoms with Crippen LogP contribution in [0.2, 0.25) is 5.02 Å². The summed E-state index contributed by atoms with van der Waals surface area (Å²) in [5.74, 6) is 1.59. The van der Waals surface area contributed by atoms with Gasteiger partial charge in [-0.3, -0.25) is 9.48 Å². The van der Waals surface area contributed by atoms with Crippen molar-refractivity contribution in [1.82, 2.24) is 20.0 Å². The summed E-state index contributed by atoms with van der Waals surface area (Å²) in [6, 6.07) is 11.1. The number of aryl methyl sites for hydroxylation is 2. The Labute approximate surface area is 239 Å². The van der Waals surface area contributed by atoms with Gasteiger partial charge in [0.05, 0.1) is 24.1 Å². The molecule has 3 aliphatic rings. The first kappa shape index (κ1) is 26.7. The molecule has 2 aliphatic heterocycles. The van der Waals surface area contributed by atoms with Gasteiger partial charge in [-0.15, -0.1) is 0 Å². The molecule has 0 radical (unpaired) electrons. The molecule has 2 fully saturated rings. The van der Waals surface area contributed by atoms with Gasteiger partial charge in [0.15, 0.2) is 0 Å². The summed E-state index contributed by atoms with van der Waals surface area (Å²) in [6.07, 6.45) is 5.85. The number of benzene rings is 2. The molecule has 0 atom stereocenters. The fraction of sp³-hybridized carbons (Fsp3) is 0.433. The highest BCUT2D eigenvalue weighted by Crippen LogP contribution is 2.38. The Morgan fingerprint density at radius 3 is 2.67 bits per heavy atom. The van der Waals surface area contributed by atoms with Gasteiger partial charge >= 0.3 is 6.09 Å². The molecule has 1 aromatic heterocycles. The smallest absolute Gasteiger partial charge is 0.407 e. The monoisotopic (exact) mass is 562 g/mol. The van der Waals surface area contributed by atoms with Gasteiger partial charge in [0.1, 0.15) is 11.9 Å². The van der Waals surface area contributed by atoms with Crippen LogP contribution < -0.4 is 15.5 Å². The molecule has 1 aliphatic carbocycles. The number of piperidine rings is 1. The lowest BCUT2D eigenvalue weighted by Gasteiger charge is -2.31. The minimum Gasteiger partial charge on any atom is -0.446 e. The van der Waals surface area contributed by atoms with Crippen LogP contribution in [0.1, 0.15) is 52.7 Å². The van der Waals surface area contributed by atoms with Crippen LogP contribution in [0.25, 0.3) is 0 Å². The molecule has 3 aromatic rings. The maximum atomic E-state index is 13.9. The van der Waals surface area contributed by atoms with Crippen LogP contribution in [0.3, 0.4) is 0 Å². The highest BCUT2D eigenvalue weighted by atomic mass is 35.5. The Hall–Kier alpha value is -3.56. The number of alkyl carbamates (subject to hydrolysis) is 1. The van der Waals surface area contributed by atoms with Gasteiger partial charge < -0.3 is 25.2 Å². The molecule has 40 heavy (non-hydrogen) atoms. The Kier molecular flexibility index (Phi) is 7.42. The lowest BCUT2D eigenvalue weighted by atomic mass is 10.0. The van der Waals surface area contributed by atoms with Crippen molar-refractivity contribution in [1.29, 1.82) is 0 Å². The minimum absolute atomic E-state index is 0.0293.